The minimum atomic E-state index is -1.04. The van der Waals surface area contributed by atoms with Gasteiger partial charge < -0.3 is 20.2 Å². The van der Waals surface area contributed by atoms with Gasteiger partial charge in [0.05, 0.1) is 11.0 Å². The first-order valence-electron chi connectivity index (χ1n) is 7.00. The Morgan fingerprint density at radius 3 is 2.20 bits per heavy atom. The summed E-state index contributed by atoms with van der Waals surface area (Å²) in [7, 11) is 2.04. The molecule has 6 nitrogen and oxygen atoms in total. The van der Waals surface area contributed by atoms with Crippen LogP contribution in [0.4, 0.5) is 4.79 Å². The number of rotatable bonds is 3. The monoisotopic (exact) mass is 285 g/mol. The Labute approximate surface area is 121 Å². The van der Waals surface area contributed by atoms with Gasteiger partial charge in [-0.2, -0.15) is 0 Å². The van der Waals surface area contributed by atoms with Crippen LogP contribution < -0.4 is 5.32 Å². The van der Waals surface area contributed by atoms with Gasteiger partial charge in [0.1, 0.15) is 0 Å². The van der Waals surface area contributed by atoms with E-state index in [9.17, 15) is 14.7 Å². The molecule has 1 heterocycles. The van der Waals surface area contributed by atoms with E-state index in [1.165, 1.54) is 0 Å². The average Bonchev–Trinajstić information content (AvgIpc) is 2.31. The lowest BCUT2D eigenvalue weighted by Crippen LogP contribution is -2.62. The van der Waals surface area contributed by atoms with Crippen molar-refractivity contribution in [3.8, 4) is 0 Å². The van der Waals surface area contributed by atoms with Crippen molar-refractivity contribution in [3.05, 3.63) is 0 Å². The van der Waals surface area contributed by atoms with Crippen molar-refractivity contribution in [1.29, 1.82) is 0 Å². The van der Waals surface area contributed by atoms with Crippen molar-refractivity contribution in [2.75, 3.05) is 26.7 Å². The van der Waals surface area contributed by atoms with Crippen molar-refractivity contribution < 1.29 is 14.7 Å². The minimum Gasteiger partial charge on any atom is -0.481 e. The van der Waals surface area contributed by atoms with Gasteiger partial charge >= 0.3 is 12.0 Å². The first kappa shape index (κ1) is 16.8. The molecule has 0 aliphatic carbocycles. The Kier molecular flexibility index (Phi) is 4.69. The predicted octanol–water partition coefficient (Wildman–Crippen LogP) is 1.22. The second-order valence-electron chi connectivity index (χ2n) is 6.76. The summed E-state index contributed by atoms with van der Waals surface area (Å²) < 4.78 is 0. The highest BCUT2D eigenvalue weighted by Crippen LogP contribution is 2.31. The van der Waals surface area contributed by atoms with E-state index in [4.69, 9.17) is 0 Å². The molecule has 6 heteroatoms. The van der Waals surface area contributed by atoms with Crippen LogP contribution in [0.1, 0.15) is 34.6 Å². The molecule has 0 aromatic heterocycles. The van der Waals surface area contributed by atoms with Crippen LogP contribution in [0.2, 0.25) is 0 Å². The maximum atomic E-state index is 12.3. The number of nitrogens with one attached hydrogen (secondary N) is 1. The van der Waals surface area contributed by atoms with E-state index in [0.29, 0.717) is 19.1 Å². The summed E-state index contributed by atoms with van der Waals surface area (Å²) in [4.78, 5) is 27.6. The number of urea groups is 1. The molecule has 0 aromatic carbocycles. The van der Waals surface area contributed by atoms with E-state index in [0.717, 1.165) is 6.54 Å². The molecule has 20 heavy (non-hydrogen) atoms. The number of piperazine rings is 1. The first-order chi connectivity index (χ1) is 8.99. The summed E-state index contributed by atoms with van der Waals surface area (Å²) >= 11 is 0. The number of carbonyl (C=O) groups excluding carboxylic acids is 1. The molecule has 0 spiro atoms. The van der Waals surface area contributed by atoms with Crippen LogP contribution in [0.15, 0.2) is 0 Å². The molecule has 0 aromatic rings. The summed E-state index contributed by atoms with van der Waals surface area (Å²) in [6.07, 6.45) is 0. The van der Waals surface area contributed by atoms with E-state index in [1.54, 1.807) is 32.6 Å². The molecule has 0 bridgehead atoms. The quantitative estimate of drug-likeness (QED) is 0.818. The molecule has 2 N–H and O–H groups in total. The minimum absolute atomic E-state index is 0.190. The van der Waals surface area contributed by atoms with Gasteiger partial charge in [0, 0.05) is 25.7 Å². The second-order valence-corrected chi connectivity index (χ2v) is 6.76. The van der Waals surface area contributed by atoms with Crippen LogP contribution in [0.25, 0.3) is 0 Å². The van der Waals surface area contributed by atoms with Crippen LogP contribution in [0.5, 0.6) is 0 Å². The predicted molar refractivity (Wildman–Crippen MR) is 77.7 cm³/mol. The third-order valence-electron chi connectivity index (χ3n) is 4.76. The Morgan fingerprint density at radius 2 is 1.75 bits per heavy atom. The van der Waals surface area contributed by atoms with Gasteiger partial charge in [0.2, 0.25) is 0 Å². The van der Waals surface area contributed by atoms with Crippen molar-refractivity contribution in [1.82, 2.24) is 15.1 Å². The highest BCUT2D eigenvalue weighted by atomic mass is 16.4. The number of carboxylic acids is 1. The third kappa shape index (κ3) is 3.23. The Bertz CT molecular complexity index is 393. The molecule has 2 amide bonds. The number of carboxylic acid groups (broad SMARTS) is 1. The van der Waals surface area contributed by atoms with E-state index in [-0.39, 0.29) is 6.03 Å². The number of hydrogen-bond donors (Lipinski definition) is 2. The first-order valence-corrected chi connectivity index (χ1v) is 7.00. The zero-order valence-corrected chi connectivity index (χ0v) is 13.4. The fourth-order valence-corrected chi connectivity index (χ4v) is 2.00. The van der Waals surface area contributed by atoms with Crippen LogP contribution in [-0.2, 0) is 4.79 Å². The Hall–Kier alpha value is -1.30. The number of hydrogen-bond acceptors (Lipinski definition) is 3. The second kappa shape index (κ2) is 5.60. The van der Waals surface area contributed by atoms with Crippen molar-refractivity contribution in [2.45, 2.75) is 46.2 Å². The number of carbonyl (C=O) groups is 2. The van der Waals surface area contributed by atoms with Gasteiger partial charge in [-0.25, -0.2) is 4.79 Å². The summed E-state index contributed by atoms with van der Waals surface area (Å²) in [6, 6.07) is 0.120. The Balaban J connectivity index is 2.73. The highest BCUT2D eigenvalue weighted by molar-refractivity contribution is 5.79. The molecule has 1 atom stereocenters. The maximum Gasteiger partial charge on any atom is 0.317 e. The number of amides is 2. The van der Waals surface area contributed by atoms with Gasteiger partial charge in [0.15, 0.2) is 0 Å². The van der Waals surface area contributed by atoms with Crippen molar-refractivity contribution in [2.24, 2.45) is 5.41 Å². The number of likely N-dealkylation sites (N-methyl/N-ethyl adjacent to an activating group) is 1. The SMILES string of the molecule is CC1CN(C(=O)NC(C)(C)C(C)(C)C(=O)O)CCN1C. The highest BCUT2D eigenvalue weighted by Gasteiger charge is 2.45. The van der Waals surface area contributed by atoms with Crippen molar-refractivity contribution >= 4 is 12.0 Å². The summed E-state index contributed by atoms with van der Waals surface area (Å²) in [5.74, 6) is -0.922. The topological polar surface area (TPSA) is 72.9 Å². The lowest BCUT2D eigenvalue weighted by molar-refractivity contribution is -0.150. The van der Waals surface area contributed by atoms with E-state index in [1.807, 2.05) is 7.05 Å². The summed E-state index contributed by atoms with van der Waals surface area (Å²) in [5.41, 5.74) is -1.87. The summed E-state index contributed by atoms with van der Waals surface area (Å²) in [5, 5.41) is 12.2. The van der Waals surface area contributed by atoms with Crippen molar-refractivity contribution in [3.63, 3.8) is 0 Å². The molecular weight excluding hydrogens is 258 g/mol. The zero-order valence-electron chi connectivity index (χ0n) is 13.4. The van der Waals surface area contributed by atoms with Gasteiger partial charge in [-0.05, 0) is 41.7 Å². The molecule has 1 aliphatic rings. The van der Waals surface area contributed by atoms with Gasteiger partial charge in [-0.3, -0.25) is 4.79 Å². The molecule has 1 rings (SSSR count). The Morgan fingerprint density at radius 1 is 1.20 bits per heavy atom. The molecule has 116 valence electrons. The molecule has 0 radical (unpaired) electrons. The third-order valence-corrected chi connectivity index (χ3v) is 4.76. The van der Waals surface area contributed by atoms with E-state index in [2.05, 4.69) is 17.1 Å². The van der Waals surface area contributed by atoms with Gasteiger partial charge in [0.25, 0.3) is 0 Å². The van der Waals surface area contributed by atoms with Gasteiger partial charge in [-0.1, -0.05) is 0 Å². The van der Waals surface area contributed by atoms with Crippen LogP contribution in [0.3, 0.4) is 0 Å². The molecule has 0 saturated carbocycles. The van der Waals surface area contributed by atoms with Crippen LogP contribution in [0, 0.1) is 5.41 Å². The molecule has 1 saturated heterocycles. The van der Waals surface area contributed by atoms with E-state index >= 15 is 0 Å². The number of aliphatic carboxylic acids is 1. The largest absolute Gasteiger partial charge is 0.481 e. The van der Waals surface area contributed by atoms with E-state index < -0.39 is 16.9 Å². The molecule has 1 fully saturated rings. The maximum absolute atomic E-state index is 12.3. The smallest absolute Gasteiger partial charge is 0.317 e. The van der Waals surface area contributed by atoms with Gasteiger partial charge in [-0.15, -0.1) is 0 Å². The molecule has 1 aliphatic heterocycles. The van der Waals surface area contributed by atoms with Crippen LogP contribution in [-0.4, -0.2) is 65.2 Å². The average molecular weight is 285 g/mol. The zero-order chi connectivity index (χ0) is 15.7. The van der Waals surface area contributed by atoms with Crippen LogP contribution >= 0.6 is 0 Å². The normalized spacial score (nSPS) is 21.7. The standard InChI is InChI=1S/C14H27N3O3/c1-10-9-17(8-7-16(10)6)12(20)15-14(4,5)13(2,3)11(18)19/h10H,7-9H2,1-6H3,(H,15,20)(H,18,19). The lowest BCUT2D eigenvalue weighted by Gasteiger charge is -2.42. The number of nitrogens with zero attached hydrogens (tertiary/aromatic N) is 2. The fraction of sp³-hybridized carbons (Fsp3) is 0.857. The fourth-order valence-electron chi connectivity index (χ4n) is 2.00. The lowest BCUT2D eigenvalue weighted by atomic mass is 9.74. The summed E-state index contributed by atoms with van der Waals surface area (Å²) in [6.45, 7) is 11.0. The molecular formula is C14H27N3O3. The molecule has 1 unspecified atom stereocenters.